The molecule has 152 valence electrons. The zero-order valence-corrected chi connectivity index (χ0v) is 17.2. The van der Waals surface area contributed by atoms with Gasteiger partial charge < -0.3 is 14.4 Å². The van der Waals surface area contributed by atoms with Crippen LogP contribution in [0.5, 0.6) is 5.75 Å². The second-order valence-corrected chi connectivity index (χ2v) is 7.40. The van der Waals surface area contributed by atoms with Gasteiger partial charge in [0.05, 0.1) is 6.61 Å². The topological polar surface area (TPSA) is 71.8 Å². The number of carboxylic acid groups (broad SMARTS) is 1. The van der Waals surface area contributed by atoms with E-state index in [4.69, 9.17) is 4.74 Å². The summed E-state index contributed by atoms with van der Waals surface area (Å²) in [7, 11) is 1.53. The standard InChI is InChI=1S/C23H26N2O4/c1-5-29-20-11-17-14-25(13-15(2)3)22(24(4)23(27)28)21(18(17)12-19(20)26)16-9-7-6-8-10-16/h6-12,14-15H,5,13H2,1-4H3,(H,27,28). The van der Waals surface area contributed by atoms with E-state index in [0.29, 0.717) is 41.8 Å². The normalized spacial score (nSPS) is 11.1. The molecule has 29 heavy (non-hydrogen) atoms. The number of hydrogen-bond donors (Lipinski definition) is 1. The van der Waals surface area contributed by atoms with Crippen LogP contribution in [0.4, 0.5) is 10.6 Å². The number of amides is 1. The van der Waals surface area contributed by atoms with E-state index in [1.54, 1.807) is 12.1 Å². The number of nitrogens with zero attached hydrogens (tertiary/aromatic N) is 2. The summed E-state index contributed by atoms with van der Waals surface area (Å²) in [6.45, 7) is 7.03. The first-order chi connectivity index (χ1) is 13.8. The minimum atomic E-state index is -1.06. The Morgan fingerprint density at radius 2 is 1.86 bits per heavy atom. The van der Waals surface area contributed by atoms with Crippen molar-refractivity contribution in [1.82, 2.24) is 4.57 Å². The summed E-state index contributed by atoms with van der Waals surface area (Å²) < 4.78 is 7.45. The molecule has 0 fully saturated rings. The molecule has 3 rings (SSSR count). The van der Waals surface area contributed by atoms with Crippen LogP contribution in [0.15, 0.2) is 53.5 Å². The van der Waals surface area contributed by atoms with E-state index in [1.807, 2.05) is 48.0 Å². The highest BCUT2D eigenvalue weighted by Crippen LogP contribution is 2.41. The molecule has 1 aliphatic carbocycles. The van der Waals surface area contributed by atoms with Gasteiger partial charge in [-0.3, -0.25) is 9.69 Å². The van der Waals surface area contributed by atoms with Crippen LogP contribution < -0.4 is 15.1 Å². The zero-order valence-electron chi connectivity index (χ0n) is 17.2. The molecule has 1 amide bonds. The molecule has 0 spiro atoms. The Bertz CT molecular complexity index is 1040. The Labute approximate surface area is 170 Å². The van der Waals surface area contributed by atoms with Crippen molar-refractivity contribution in [2.75, 3.05) is 18.6 Å². The Morgan fingerprint density at radius 1 is 1.17 bits per heavy atom. The fourth-order valence-electron chi connectivity index (χ4n) is 3.53. The van der Waals surface area contributed by atoms with Gasteiger partial charge in [-0.25, -0.2) is 4.79 Å². The maximum atomic E-state index is 12.6. The molecule has 1 aromatic rings. The number of anilines is 1. The predicted octanol–water partition coefficient (Wildman–Crippen LogP) is 4.79. The van der Waals surface area contributed by atoms with Gasteiger partial charge in [0.2, 0.25) is 5.43 Å². The van der Waals surface area contributed by atoms with E-state index >= 15 is 0 Å². The van der Waals surface area contributed by atoms with E-state index in [0.717, 1.165) is 11.1 Å². The number of rotatable bonds is 6. The molecule has 0 bridgehead atoms. The van der Waals surface area contributed by atoms with Crippen LogP contribution in [0, 0.1) is 5.92 Å². The van der Waals surface area contributed by atoms with E-state index in [1.165, 1.54) is 11.9 Å². The highest BCUT2D eigenvalue weighted by atomic mass is 16.5. The average molecular weight is 394 g/mol. The number of ether oxygens (including phenoxy) is 1. The molecule has 0 atom stereocenters. The summed E-state index contributed by atoms with van der Waals surface area (Å²) in [5.74, 6) is 1.13. The van der Waals surface area contributed by atoms with E-state index in [9.17, 15) is 14.7 Å². The van der Waals surface area contributed by atoms with Crippen LogP contribution in [0.2, 0.25) is 0 Å². The Kier molecular flexibility index (Phi) is 5.92. The lowest BCUT2D eigenvalue weighted by Gasteiger charge is -2.28. The molecule has 1 aliphatic heterocycles. The summed E-state index contributed by atoms with van der Waals surface area (Å²) >= 11 is 0. The third kappa shape index (κ3) is 4.11. The lowest BCUT2D eigenvalue weighted by Crippen LogP contribution is -2.29. The summed E-state index contributed by atoms with van der Waals surface area (Å²) in [6.07, 6.45) is 0.839. The van der Waals surface area contributed by atoms with Gasteiger partial charge in [0.1, 0.15) is 5.82 Å². The van der Waals surface area contributed by atoms with Crippen molar-refractivity contribution in [3.8, 4) is 28.0 Å². The second kappa shape index (κ2) is 8.39. The highest BCUT2D eigenvalue weighted by Gasteiger charge is 2.25. The molecule has 0 unspecified atom stereocenters. The van der Waals surface area contributed by atoms with Crippen molar-refractivity contribution in [3.05, 3.63) is 58.9 Å². The lowest BCUT2D eigenvalue weighted by atomic mass is 9.93. The Balaban J connectivity index is 2.45. The third-order valence-electron chi connectivity index (χ3n) is 4.70. The van der Waals surface area contributed by atoms with E-state index in [2.05, 4.69) is 13.8 Å². The van der Waals surface area contributed by atoms with Gasteiger partial charge in [-0.15, -0.1) is 0 Å². The smallest absolute Gasteiger partial charge is 0.412 e. The number of pyridine rings is 1. The van der Waals surface area contributed by atoms with E-state index < -0.39 is 6.09 Å². The second-order valence-electron chi connectivity index (χ2n) is 7.40. The number of carbonyl (C=O) groups is 1. The first-order valence-electron chi connectivity index (χ1n) is 9.69. The number of benzene rings is 2. The number of fused-ring (bicyclic) bond motifs is 1. The lowest BCUT2D eigenvalue weighted by molar-refractivity contribution is 0.203. The highest BCUT2D eigenvalue weighted by molar-refractivity contribution is 5.98. The maximum Gasteiger partial charge on any atom is 0.412 e. The average Bonchev–Trinajstić information content (AvgIpc) is 2.68. The van der Waals surface area contributed by atoms with Crippen LogP contribution in [0.25, 0.3) is 22.3 Å². The minimum absolute atomic E-state index is 0.220. The van der Waals surface area contributed by atoms with Crippen molar-refractivity contribution in [1.29, 1.82) is 0 Å². The van der Waals surface area contributed by atoms with Crippen LogP contribution >= 0.6 is 0 Å². The maximum absolute atomic E-state index is 12.6. The molecule has 1 N–H and O–H groups in total. The summed E-state index contributed by atoms with van der Waals surface area (Å²) in [4.78, 5) is 25.7. The van der Waals surface area contributed by atoms with Gasteiger partial charge in [0.25, 0.3) is 0 Å². The molecular weight excluding hydrogens is 368 g/mol. The monoisotopic (exact) mass is 394 g/mol. The van der Waals surface area contributed by atoms with Crippen molar-refractivity contribution in [3.63, 3.8) is 0 Å². The third-order valence-corrected chi connectivity index (χ3v) is 4.70. The molecule has 0 saturated carbocycles. The summed E-state index contributed by atoms with van der Waals surface area (Å²) in [5, 5.41) is 9.74. The molecular formula is C23H26N2O4. The van der Waals surface area contributed by atoms with Crippen molar-refractivity contribution in [2.45, 2.75) is 27.3 Å². The molecule has 0 radical (unpaired) electrons. The first-order valence-corrected chi connectivity index (χ1v) is 9.69. The van der Waals surface area contributed by atoms with Crippen molar-refractivity contribution in [2.24, 2.45) is 5.92 Å². The fourth-order valence-corrected chi connectivity index (χ4v) is 3.53. The van der Waals surface area contributed by atoms with Gasteiger partial charge in [0.15, 0.2) is 5.75 Å². The Morgan fingerprint density at radius 3 is 2.45 bits per heavy atom. The SMILES string of the molecule is CCOc1cc2cn(CC(C)C)c(N(C)C(=O)O)c(-c3ccccc3)c-2cc1=O. The van der Waals surface area contributed by atoms with Gasteiger partial charge in [-0.2, -0.15) is 0 Å². The van der Waals surface area contributed by atoms with Gasteiger partial charge in [0, 0.05) is 30.9 Å². The minimum Gasteiger partial charge on any atom is -0.490 e. The number of aromatic nitrogens is 1. The van der Waals surface area contributed by atoms with Crippen LogP contribution in [0.1, 0.15) is 20.8 Å². The molecule has 6 heteroatoms. The molecule has 0 aromatic heterocycles. The molecule has 1 aromatic carbocycles. The van der Waals surface area contributed by atoms with Crippen molar-refractivity contribution < 1.29 is 14.6 Å². The quantitative estimate of drug-likeness (QED) is 0.652. The molecule has 1 heterocycles. The first kappa shape index (κ1) is 20.5. The van der Waals surface area contributed by atoms with Gasteiger partial charge in [-0.1, -0.05) is 44.2 Å². The zero-order chi connectivity index (χ0) is 21.1. The molecule has 0 saturated heterocycles. The summed E-state index contributed by atoms with van der Waals surface area (Å²) in [6, 6.07) is 12.8. The number of hydrogen-bond acceptors (Lipinski definition) is 3. The van der Waals surface area contributed by atoms with Crippen LogP contribution in [0.3, 0.4) is 0 Å². The van der Waals surface area contributed by atoms with Crippen molar-refractivity contribution >= 4 is 11.9 Å². The molecule has 2 aliphatic rings. The largest absolute Gasteiger partial charge is 0.490 e. The predicted molar refractivity (Wildman–Crippen MR) is 115 cm³/mol. The fraction of sp³-hybridized carbons (Fsp3) is 0.304. The summed E-state index contributed by atoms with van der Waals surface area (Å²) in [5.41, 5.74) is 2.88. The van der Waals surface area contributed by atoms with Crippen LogP contribution in [-0.4, -0.2) is 29.4 Å². The molecule has 6 nitrogen and oxygen atoms in total. The Hall–Kier alpha value is -3.28. The van der Waals surface area contributed by atoms with Gasteiger partial charge >= 0.3 is 6.09 Å². The van der Waals surface area contributed by atoms with Crippen LogP contribution in [-0.2, 0) is 6.54 Å². The van der Waals surface area contributed by atoms with E-state index in [-0.39, 0.29) is 5.43 Å². The van der Waals surface area contributed by atoms with Gasteiger partial charge in [-0.05, 0) is 36.1 Å².